The number of benzene rings is 2. The number of nitrogens with one attached hydrogen (secondary N) is 2. The summed E-state index contributed by atoms with van der Waals surface area (Å²) in [6, 6.07) is 12.5. The van der Waals surface area contributed by atoms with Gasteiger partial charge in [0.25, 0.3) is 5.91 Å². The van der Waals surface area contributed by atoms with Crippen LogP contribution < -0.4 is 26.8 Å². The molecule has 2 aromatic rings. The van der Waals surface area contributed by atoms with E-state index >= 15 is 0 Å². The summed E-state index contributed by atoms with van der Waals surface area (Å²) in [6.45, 7) is 0.321. The maximum Gasteiger partial charge on any atom is 0.255 e. The highest BCUT2D eigenvalue weighted by atomic mass is 32.1. The number of fused-ring (bicyclic) bond motifs is 1. The van der Waals surface area contributed by atoms with Gasteiger partial charge in [0, 0.05) is 24.2 Å². The Morgan fingerprint density at radius 3 is 2.55 bits per heavy atom. The number of nitrogens with two attached hydrogens (primary N) is 2. The van der Waals surface area contributed by atoms with Gasteiger partial charge in [-0.05, 0) is 11.6 Å². The number of primary amides is 1. The quantitative estimate of drug-likeness (QED) is 0.384. The number of carbonyl (C=O) groups excluding carboxylic acids is 3. The first-order valence-corrected chi connectivity index (χ1v) is 10.6. The van der Waals surface area contributed by atoms with Crippen LogP contribution in [0.15, 0.2) is 48.5 Å². The third-order valence-corrected chi connectivity index (χ3v) is 5.49. The molecule has 1 aliphatic heterocycles. The second-order valence-corrected chi connectivity index (χ2v) is 7.69. The summed E-state index contributed by atoms with van der Waals surface area (Å²) in [5.74, 6) is -0.831. The van der Waals surface area contributed by atoms with E-state index in [1.165, 1.54) is 0 Å². The molecular formula is C22H26N4O4S. The summed E-state index contributed by atoms with van der Waals surface area (Å²) in [7, 11) is 0. The van der Waals surface area contributed by atoms with Gasteiger partial charge in [-0.15, -0.1) is 0 Å². The minimum Gasteiger partial charge on any atom is -0.492 e. The monoisotopic (exact) mass is 442 g/mol. The van der Waals surface area contributed by atoms with Crippen LogP contribution in [0, 0.1) is 0 Å². The molecule has 0 aromatic heterocycles. The van der Waals surface area contributed by atoms with E-state index in [1.807, 2.05) is 30.3 Å². The molecule has 6 N–H and O–H groups in total. The van der Waals surface area contributed by atoms with Gasteiger partial charge in [-0.3, -0.25) is 14.4 Å². The van der Waals surface area contributed by atoms with Gasteiger partial charge < -0.3 is 26.8 Å². The molecule has 0 saturated heterocycles. The highest BCUT2D eigenvalue weighted by Gasteiger charge is 2.29. The zero-order chi connectivity index (χ0) is 22.4. The second kappa shape index (κ2) is 10.3. The van der Waals surface area contributed by atoms with E-state index in [2.05, 4.69) is 23.3 Å². The minimum atomic E-state index is -0.877. The van der Waals surface area contributed by atoms with E-state index in [1.54, 1.807) is 18.2 Å². The van der Waals surface area contributed by atoms with Crippen LogP contribution >= 0.6 is 12.6 Å². The molecule has 3 atom stereocenters. The van der Waals surface area contributed by atoms with E-state index in [-0.39, 0.29) is 29.7 Å². The Morgan fingerprint density at radius 2 is 1.87 bits per heavy atom. The summed E-state index contributed by atoms with van der Waals surface area (Å²) >= 11 is 4.05. The summed E-state index contributed by atoms with van der Waals surface area (Å²) in [5.41, 5.74) is 13.1. The van der Waals surface area contributed by atoms with Crippen LogP contribution in [0.4, 0.5) is 0 Å². The van der Waals surface area contributed by atoms with E-state index in [0.29, 0.717) is 24.3 Å². The fourth-order valence-electron chi connectivity index (χ4n) is 3.42. The average Bonchev–Trinajstić information content (AvgIpc) is 2.78. The Bertz CT molecular complexity index is 954. The lowest BCUT2D eigenvalue weighted by molar-refractivity contribution is -0.123. The van der Waals surface area contributed by atoms with Crippen molar-refractivity contribution in [2.45, 2.75) is 31.0 Å². The molecule has 2 aromatic carbocycles. The first kappa shape index (κ1) is 22.6. The van der Waals surface area contributed by atoms with Gasteiger partial charge in [-0.2, -0.15) is 12.6 Å². The number of carbonyl (C=O) groups is 3. The van der Waals surface area contributed by atoms with Gasteiger partial charge >= 0.3 is 0 Å². The Morgan fingerprint density at radius 1 is 1.13 bits per heavy atom. The number of thiol groups is 1. The van der Waals surface area contributed by atoms with Crippen molar-refractivity contribution in [3.8, 4) is 5.75 Å². The predicted octanol–water partition coefficient (Wildman–Crippen LogP) is 0.710. The molecule has 0 radical (unpaired) electrons. The molecule has 0 aliphatic carbocycles. The molecule has 8 nitrogen and oxygen atoms in total. The molecule has 0 bridgehead atoms. The van der Waals surface area contributed by atoms with Crippen LogP contribution in [-0.2, 0) is 16.0 Å². The molecule has 3 rings (SSSR count). The van der Waals surface area contributed by atoms with Crippen LogP contribution in [0.1, 0.15) is 33.9 Å². The second-order valence-electron chi connectivity index (χ2n) is 7.33. The van der Waals surface area contributed by atoms with E-state index in [0.717, 1.165) is 5.56 Å². The third-order valence-electron chi connectivity index (χ3n) is 5.10. The molecule has 0 saturated carbocycles. The minimum absolute atomic E-state index is 0.222. The number of hydrogen-bond acceptors (Lipinski definition) is 6. The van der Waals surface area contributed by atoms with Gasteiger partial charge in [-0.25, -0.2) is 0 Å². The molecule has 1 aliphatic rings. The maximum atomic E-state index is 13.0. The van der Waals surface area contributed by atoms with Gasteiger partial charge in [0.2, 0.25) is 11.8 Å². The Hall–Kier alpha value is -3.04. The van der Waals surface area contributed by atoms with Crippen LogP contribution in [0.25, 0.3) is 0 Å². The molecular weight excluding hydrogens is 416 g/mol. The SMILES string of the molecule is NC(=O)C(Cc1ccccc1)NC(=O)c1cccc2c1OCCC2NC(=O)C(N)CS. The first-order chi connectivity index (χ1) is 14.9. The van der Waals surface area contributed by atoms with Crippen molar-refractivity contribution in [2.75, 3.05) is 12.4 Å². The van der Waals surface area contributed by atoms with Crippen molar-refractivity contribution < 1.29 is 19.1 Å². The van der Waals surface area contributed by atoms with Gasteiger partial charge in [0.05, 0.1) is 24.3 Å². The lowest BCUT2D eigenvalue weighted by atomic mass is 9.96. The van der Waals surface area contributed by atoms with Crippen molar-refractivity contribution in [1.29, 1.82) is 0 Å². The lowest BCUT2D eigenvalue weighted by Crippen LogP contribution is -2.46. The highest BCUT2D eigenvalue weighted by molar-refractivity contribution is 7.80. The van der Waals surface area contributed by atoms with Crippen molar-refractivity contribution in [3.05, 3.63) is 65.2 Å². The normalized spacial score (nSPS) is 16.9. The molecule has 0 fully saturated rings. The number of rotatable bonds is 8. The van der Waals surface area contributed by atoms with Crippen molar-refractivity contribution in [3.63, 3.8) is 0 Å². The first-order valence-electron chi connectivity index (χ1n) is 9.97. The predicted molar refractivity (Wildman–Crippen MR) is 120 cm³/mol. The van der Waals surface area contributed by atoms with Crippen molar-refractivity contribution >= 4 is 30.4 Å². The van der Waals surface area contributed by atoms with Crippen LogP contribution in [0.3, 0.4) is 0 Å². The largest absolute Gasteiger partial charge is 0.492 e. The summed E-state index contributed by atoms with van der Waals surface area (Å²) in [4.78, 5) is 37.1. The number of ether oxygens (including phenoxy) is 1. The zero-order valence-corrected chi connectivity index (χ0v) is 17.8. The average molecular weight is 443 g/mol. The Balaban J connectivity index is 1.79. The Kier molecular flexibility index (Phi) is 7.54. The summed E-state index contributed by atoms with van der Waals surface area (Å²) in [5, 5.41) is 5.59. The van der Waals surface area contributed by atoms with E-state index in [4.69, 9.17) is 16.2 Å². The van der Waals surface area contributed by atoms with Crippen molar-refractivity contribution in [1.82, 2.24) is 10.6 Å². The number of amides is 3. The highest BCUT2D eigenvalue weighted by Crippen LogP contribution is 2.35. The maximum absolute atomic E-state index is 13.0. The van der Waals surface area contributed by atoms with Gasteiger partial charge in [0.15, 0.2) is 0 Å². The summed E-state index contributed by atoms with van der Waals surface area (Å²) < 4.78 is 5.76. The van der Waals surface area contributed by atoms with Crippen LogP contribution in [0.2, 0.25) is 0 Å². The molecule has 9 heteroatoms. The standard InChI is InChI=1S/C22H26N4O4S/c23-16(12-31)22(29)25-17-9-10-30-19-14(17)7-4-8-15(19)21(28)26-18(20(24)27)11-13-5-2-1-3-6-13/h1-8,16-18,31H,9-12,23H2,(H2,24,27)(H,25,29)(H,26,28). The van der Waals surface area contributed by atoms with Crippen molar-refractivity contribution in [2.24, 2.45) is 11.5 Å². The lowest BCUT2D eigenvalue weighted by Gasteiger charge is -2.29. The topological polar surface area (TPSA) is 137 Å². The molecule has 31 heavy (non-hydrogen) atoms. The molecule has 164 valence electrons. The molecule has 3 amide bonds. The van der Waals surface area contributed by atoms with Gasteiger partial charge in [-0.1, -0.05) is 42.5 Å². The molecule has 1 heterocycles. The smallest absolute Gasteiger partial charge is 0.255 e. The Labute approximate surface area is 186 Å². The number of para-hydroxylation sites is 1. The van der Waals surface area contributed by atoms with Crippen LogP contribution in [0.5, 0.6) is 5.75 Å². The fourth-order valence-corrected chi connectivity index (χ4v) is 3.59. The number of hydrogen-bond donors (Lipinski definition) is 5. The third kappa shape index (κ3) is 5.56. The van der Waals surface area contributed by atoms with E-state index in [9.17, 15) is 14.4 Å². The van der Waals surface area contributed by atoms with E-state index < -0.39 is 23.9 Å². The zero-order valence-electron chi connectivity index (χ0n) is 16.9. The molecule has 3 unspecified atom stereocenters. The molecule has 0 spiro atoms. The van der Waals surface area contributed by atoms with Gasteiger partial charge in [0.1, 0.15) is 11.8 Å². The fraction of sp³-hybridized carbons (Fsp3) is 0.318. The summed E-state index contributed by atoms with van der Waals surface area (Å²) in [6.07, 6.45) is 0.819. The van der Waals surface area contributed by atoms with Crippen LogP contribution in [-0.4, -0.2) is 42.2 Å².